The van der Waals surface area contributed by atoms with Gasteiger partial charge < -0.3 is 25.1 Å². The van der Waals surface area contributed by atoms with Gasteiger partial charge >= 0.3 is 0 Å². The normalized spacial score (nSPS) is 23.2. The number of carbonyl (C=O) groups is 3. The predicted octanol–water partition coefficient (Wildman–Crippen LogP) is 2.49. The van der Waals surface area contributed by atoms with Crippen LogP contribution < -0.4 is 10.2 Å². The Labute approximate surface area is 271 Å². The molecule has 1 unspecified atom stereocenters. The number of piperazine rings is 1. The Bertz CT molecular complexity index is 1620. The van der Waals surface area contributed by atoms with Crippen LogP contribution in [0.4, 0.5) is 5.69 Å². The smallest absolute Gasteiger partial charge is 0.290 e. The maximum atomic E-state index is 14.1. The number of aromatic nitrogens is 1. The second-order valence-corrected chi connectivity index (χ2v) is 15.0. The van der Waals surface area contributed by atoms with Gasteiger partial charge in [0.2, 0.25) is 11.8 Å². The van der Waals surface area contributed by atoms with Crippen molar-refractivity contribution in [3.63, 3.8) is 0 Å². The number of anilines is 1. The molecule has 15 heteroatoms. The van der Waals surface area contributed by atoms with Crippen molar-refractivity contribution in [2.45, 2.75) is 59.2 Å². The lowest BCUT2D eigenvalue weighted by Gasteiger charge is -2.34. The highest BCUT2D eigenvalue weighted by Gasteiger charge is 2.58. The van der Waals surface area contributed by atoms with Crippen LogP contribution in [0, 0.1) is 11.3 Å². The molecule has 4 fully saturated rings. The van der Waals surface area contributed by atoms with Crippen molar-refractivity contribution in [2.24, 2.45) is 0 Å². The number of nitriles is 1. The van der Waals surface area contributed by atoms with Gasteiger partial charge in [0.05, 0.1) is 26.7 Å². The molecule has 1 aromatic heterocycles. The van der Waals surface area contributed by atoms with Gasteiger partial charge in [0.15, 0.2) is 9.84 Å². The van der Waals surface area contributed by atoms with E-state index in [1.807, 2.05) is 0 Å². The molecule has 2 aliphatic carbocycles. The first-order valence-electron chi connectivity index (χ1n) is 14.6. The average molecular weight is 678 g/mol. The Morgan fingerprint density at radius 1 is 1.11 bits per heavy atom. The van der Waals surface area contributed by atoms with Crippen molar-refractivity contribution >= 4 is 57.0 Å². The third kappa shape index (κ3) is 6.60. The van der Waals surface area contributed by atoms with E-state index in [0.29, 0.717) is 36.4 Å². The summed E-state index contributed by atoms with van der Waals surface area (Å²) < 4.78 is 28.0. The number of nitrogens with one attached hydrogen (secondary N) is 1. The lowest BCUT2D eigenvalue weighted by Crippen LogP contribution is -2.51. The summed E-state index contributed by atoms with van der Waals surface area (Å²) in [6.45, 7) is 3.01. The SMILES string of the molecule is CN1CCN(c2ccc(S(=O)(=O)C3C[C@@H](C(=O)NC4(C#N)CC4)N(C(=O)C4(c5ccc(Cl)nc5)CC4)C3)c(Cl)c2)CC1.O=CO. The van der Waals surface area contributed by atoms with Crippen LogP contribution in [0.25, 0.3) is 0 Å². The minimum absolute atomic E-state index is 0.0146. The second-order valence-electron chi connectivity index (χ2n) is 12.0. The highest BCUT2D eigenvalue weighted by atomic mass is 35.5. The fraction of sp³-hybridized carbons (Fsp3) is 0.500. The molecule has 0 radical (unpaired) electrons. The molecule has 12 nitrogen and oxygen atoms in total. The number of hydrogen-bond donors (Lipinski definition) is 2. The van der Waals surface area contributed by atoms with Crippen LogP contribution in [0.2, 0.25) is 10.2 Å². The number of nitrogens with zero attached hydrogens (tertiary/aromatic N) is 5. The summed E-state index contributed by atoms with van der Waals surface area (Å²) in [5.41, 5.74) is -0.308. The number of carbonyl (C=O) groups excluding carboxylic acids is 2. The summed E-state index contributed by atoms with van der Waals surface area (Å²) in [4.78, 5) is 45.9. The molecule has 2 atom stereocenters. The number of sulfone groups is 1. The molecule has 0 bridgehead atoms. The summed E-state index contributed by atoms with van der Waals surface area (Å²) in [6, 6.07) is 9.43. The number of rotatable bonds is 7. The van der Waals surface area contributed by atoms with E-state index >= 15 is 0 Å². The Hall–Kier alpha value is -3.44. The number of halogens is 2. The van der Waals surface area contributed by atoms with Crippen LogP contribution in [0.3, 0.4) is 0 Å². The molecule has 2 aromatic rings. The number of hydrogen-bond acceptors (Lipinski definition) is 9. The number of pyridine rings is 1. The number of likely N-dealkylation sites (tertiary alicyclic amines) is 1. The quantitative estimate of drug-likeness (QED) is 0.329. The second kappa shape index (κ2) is 12.7. The van der Waals surface area contributed by atoms with E-state index in [1.165, 1.54) is 11.0 Å². The Morgan fingerprint density at radius 3 is 2.31 bits per heavy atom. The molecule has 2 amide bonds. The number of likely N-dealkylation sites (N-methyl/N-ethyl adjacent to an activating group) is 1. The highest BCUT2D eigenvalue weighted by molar-refractivity contribution is 7.92. The maximum Gasteiger partial charge on any atom is 0.290 e. The van der Waals surface area contributed by atoms with Crippen molar-refractivity contribution < 1.29 is 27.9 Å². The van der Waals surface area contributed by atoms with Gasteiger partial charge in [-0.15, -0.1) is 0 Å². The van der Waals surface area contributed by atoms with E-state index in [1.54, 1.807) is 30.5 Å². The monoisotopic (exact) mass is 676 g/mol. The van der Waals surface area contributed by atoms with E-state index in [9.17, 15) is 23.3 Å². The molecule has 45 heavy (non-hydrogen) atoms. The lowest BCUT2D eigenvalue weighted by molar-refractivity contribution is -0.140. The molecule has 1 aromatic carbocycles. The highest BCUT2D eigenvalue weighted by Crippen LogP contribution is 2.51. The van der Waals surface area contributed by atoms with E-state index in [2.05, 4.69) is 33.2 Å². The molecule has 2 saturated carbocycles. The topological polar surface area (TPSA) is 164 Å². The van der Waals surface area contributed by atoms with Crippen LogP contribution in [0.15, 0.2) is 41.4 Å². The molecule has 4 aliphatic rings. The first kappa shape index (κ1) is 32.9. The van der Waals surface area contributed by atoms with E-state index in [4.69, 9.17) is 33.1 Å². The van der Waals surface area contributed by atoms with Crippen molar-refractivity contribution in [1.82, 2.24) is 20.1 Å². The van der Waals surface area contributed by atoms with Crippen molar-refractivity contribution in [2.75, 3.05) is 44.7 Å². The van der Waals surface area contributed by atoms with Crippen LogP contribution in [0.5, 0.6) is 0 Å². The Morgan fingerprint density at radius 2 is 1.78 bits per heavy atom. The third-order valence-electron chi connectivity index (χ3n) is 9.12. The minimum atomic E-state index is -4.01. The average Bonchev–Trinajstić information content (AvgIpc) is 3.94. The van der Waals surface area contributed by atoms with E-state index in [-0.39, 0.29) is 35.3 Å². The van der Waals surface area contributed by atoms with Gasteiger partial charge in [-0.2, -0.15) is 5.26 Å². The van der Waals surface area contributed by atoms with Crippen LogP contribution in [0.1, 0.15) is 37.7 Å². The summed E-state index contributed by atoms with van der Waals surface area (Å²) in [5.74, 6) is -0.829. The lowest BCUT2D eigenvalue weighted by atomic mass is 9.95. The van der Waals surface area contributed by atoms with Crippen LogP contribution in [-0.2, 0) is 29.6 Å². The molecule has 240 valence electrons. The van der Waals surface area contributed by atoms with Gasteiger partial charge in [-0.25, -0.2) is 13.4 Å². The Balaban J connectivity index is 0.00000128. The standard InChI is InChI=1S/C29H32Cl2N6O4S.CH2O2/c1-35-10-12-36(13-11-35)20-3-4-24(22(30)14-20)42(40,41)21-15-23(26(38)34-28(18-32)6-7-28)37(17-21)27(39)29(8-9-29)19-2-5-25(31)33-16-19;2-1-3/h2-5,14,16,21,23H,6-13,15,17H2,1H3,(H,34,38);1H,(H,2,3)/t21?,23-;/m0./s1. The molecule has 0 spiro atoms. The van der Waals surface area contributed by atoms with E-state index in [0.717, 1.165) is 31.9 Å². The summed E-state index contributed by atoms with van der Waals surface area (Å²) in [5, 5.41) is 18.6. The van der Waals surface area contributed by atoms with Gasteiger partial charge in [0.25, 0.3) is 6.47 Å². The first-order valence-corrected chi connectivity index (χ1v) is 16.9. The fourth-order valence-electron chi connectivity index (χ4n) is 6.05. The number of amides is 2. The van der Waals surface area contributed by atoms with Gasteiger partial charge in [0, 0.05) is 44.6 Å². The van der Waals surface area contributed by atoms with Crippen molar-refractivity contribution in [3.05, 3.63) is 52.3 Å². The van der Waals surface area contributed by atoms with Gasteiger partial charge in [-0.1, -0.05) is 29.3 Å². The number of benzene rings is 1. The zero-order chi connectivity index (χ0) is 32.6. The van der Waals surface area contributed by atoms with Crippen LogP contribution in [-0.4, -0.2) is 103 Å². The largest absolute Gasteiger partial charge is 0.483 e. The zero-order valence-corrected chi connectivity index (χ0v) is 27.0. The Kier molecular flexibility index (Phi) is 9.33. The molecule has 6 rings (SSSR count). The van der Waals surface area contributed by atoms with Crippen molar-refractivity contribution in [3.8, 4) is 6.07 Å². The first-order chi connectivity index (χ1) is 21.4. The molecule has 2 aliphatic heterocycles. The van der Waals surface area contributed by atoms with Crippen LogP contribution >= 0.6 is 23.2 Å². The van der Waals surface area contributed by atoms with Gasteiger partial charge in [-0.3, -0.25) is 14.4 Å². The van der Waals surface area contributed by atoms with Crippen molar-refractivity contribution in [1.29, 1.82) is 5.26 Å². The molecule has 3 heterocycles. The zero-order valence-electron chi connectivity index (χ0n) is 24.7. The van der Waals surface area contributed by atoms with Gasteiger partial charge in [-0.05, 0) is 69.0 Å². The summed E-state index contributed by atoms with van der Waals surface area (Å²) >= 11 is 12.6. The summed E-state index contributed by atoms with van der Waals surface area (Å²) in [6.07, 6.45) is 3.62. The molecular weight excluding hydrogens is 643 g/mol. The van der Waals surface area contributed by atoms with E-state index < -0.39 is 38.0 Å². The minimum Gasteiger partial charge on any atom is -0.483 e. The summed E-state index contributed by atoms with van der Waals surface area (Å²) in [7, 11) is -1.95. The molecule has 2 saturated heterocycles. The third-order valence-corrected chi connectivity index (χ3v) is 12.0. The van der Waals surface area contributed by atoms with Gasteiger partial charge in [0.1, 0.15) is 16.7 Å². The maximum absolute atomic E-state index is 14.1. The molecular formula is C30H34Cl2N6O6S. The number of carboxylic acid groups (broad SMARTS) is 1. The molecule has 2 N–H and O–H groups in total. The fourth-order valence-corrected chi connectivity index (χ4v) is 8.40. The predicted molar refractivity (Wildman–Crippen MR) is 167 cm³/mol.